The third kappa shape index (κ3) is 2.02. The van der Waals surface area contributed by atoms with Gasteiger partial charge >= 0.3 is 0 Å². The van der Waals surface area contributed by atoms with Crippen LogP contribution in [0.1, 0.15) is 16.7 Å². The van der Waals surface area contributed by atoms with E-state index in [1.807, 2.05) is 23.7 Å². The molecule has 0 bridgehead atoms. The molecule has 0 aliphatic rings. The quantitative estimate of drug-likeness (QED) is 0.714. The Kier molecular flexibility index (Phi) is 3.06. The molecule has 0 saturated heterocycles. The summed E-state index contributed by atoms with van der Waals surface area (Å²) in [6, 6.07) is 8.20. The molecule has 0 amide bonds. The summed E-state index contributed by atoms with van der Waals surface area (Å²) in [5.41, 5.74) is 0.111. The van der Waals surface area contributed by atoms with Gasteiger partial charge in [0.15, 0.2) is 0 Å². The summed E-state index contributed by atoms with van der Waals surface area (Å²) in [6.45, 7) is 2.83. The van der Waals surface area contributed by atoms with Crippen molar-refractivity contribution in [1.29, 1.82) is 0 Å². The molecular formula is C14H13NOS2. The molecule has 0 N–H and O–H groups in total. The Hall–Kier alpha value is -1.39. The molecule has 0 saturated carbocycles. The first-order valence-corrected chi connectivity index (χ1v) is 7.62. The van der Waals surface area contributed by atoms with Crippen LogP contribution in [-0.4, -0.2) is 4.57 Å². The molecule has 0 atom stereocenters. The minimum atomic E-state index is 0.111. The van der Waals surface area contributed by atoms with Crippen LogP contribution in [0.3, 0.4) is 0 Å². The number of fused-ring (bicyclic) bond motifs is 1. The van der Waals surface area contributed by atoms with Gasteiger partial charge in [0, 0.05) is 20.7 Å². The largest absolute Gasteiger partial charge is 0.310 e. The molecule has 0 unspecified atom stereocenters. The molecule has 2 nitrogen and oxygen atoms in total. The van der Waals surface area contributed by atoms with Gasteiger partial charge in [-0.2, -0.15) is 0 Å². The molecule has 0 fully saturated rings. The van der Waals surface area contributed by atoms with Crippen LogP contribution in [-0.2, 0) is 13.0 Å². The van der Waals surface area contributed by atoms with Crippen LogP contribution in [0.2, 0.25) is 0 Å². The van der Waals surface area contributed by atoms with Crippen molar-refractivity contribution in [2.75, 3.05) is 0 Å². The van der Waals surface area contributed by atoms with Crippen molar-refractivity contribution in [3.8, 4) is 0 Å². The summed E-state index contributed by atoms with van der Waals surface area (Å²) in [5.74, 6) is 0. The van der Waals surface area contributed by atoms with E-state index >= 15 is 0 Å². The summed E-state index contributed by atoms with van der Waals surface area (Å²) >= 11 is 3.40. The maximum Gasteiger partial charge on any atom is 0.259 e. The molecule has 92 valence electrons. The SMILES string of the molecule is CCc1ccc(Cn2ccc3sccc3c2=O)s1. The number of aryl methyl sites for hydroxylation is 1. The highest BCUT2D eigenvalue weighted by Gasteiger charge is 2.05. The average molecular weight is 275 g/mol. The summed E-state index contributed by atoms with van der Waals surface area (Å²) < 4.78 is 2.86. The van der Waals surface area contributed by atoms with Gasteiger partial charge in [-0.25, -0.2) is 0 Å². The lowest BCUT2D eigenvalue weighted by Crippen LogP contribution is -2.18. The van der Waals surface area contributed by atoms with Crippen LogP contribution in [0.25, 0.3) is 10.1 Å². The van der Waals surface area contributed by atoms with Crippen LogP contribution in [0.4, 0.5) is 0 Å². The minimum absolute atomic E-state index is 0.111. The van der Waals surface area contributed by atoms with E-state index in [0.717, 1.165) is 16.5 Å². The highest BCUT2D eigenvalue weighted by molar-refractivity contribution is 7.17. The van der Waals surface area contributed by atoms with Crippen molar-refractivity contribution in [3.05, 3.63) is 56.0 Å². The van der Waals surface area contributed by atoms with Gasteiger partial charge in [-0.1, -0.05) is 6.92 Å². The Morgan fingerprint density at radius 3 is 2.78 bits per heavy atom. The molecule has 3 heterocycles. The Balaban J connectivity index is 1.99. The second kappa shape index (κ2) is 4.71. The zero-order valence-electron chi connectivity index (χ0n) is 10.1. The second-order valence-electron chi connectivity index (χ2n) is 4.17. The molecule has 3 rings (SSSR count). The molecule has 0 spiro atoms. The highest BCUT2D eigenvalue weighted by Crippen LogP contribution is 2.19. The lowest BCUT2D eigenvalue weighted by atomic mass is 10.3. The molecule has 3 aromatic rings. The van der Waals surface area contributed by atoms with E-state index in [1.54, 1.807) is 27.2 Å². The van der Waals surface area contributed by atoms with Crippen LogP contribution in [0.5, 0.6) is 0 Å². The van der Waals surface area contributed by atoms with Crippen LogP contribution in [0.15, 0.2) is 40.6 Å². The van der Waals surface area contributed by atoms with Crippen molar-refractivity contribution in [2.24, 2.45) is 0 Å². The van der Waals surface area contributed by atoms with E-state index < -0.39 is 0 Å². The summed E-state index contributed by atoms with van der Waals surface area (Å²) in [6.07, 6.45) is 2.95. The lowest BCUT2D eigenvalue weighted by molar-refractivity contribution is 0.779. The number of pyridine rings is 1. The third-order valence-corrected chi connectivity index (χ3v) is 5.08. The van der Waals surface area contributed by atoms with Crippen LogP contribution >= 0.6 is 22.7 Å². The van der Waals surface area contributed by atoms with E-state index in [-0.39, 0.29) is 5.56 Å². The molecule has 3 aromatic heterocycles. The van der Waals surface area contributed by atoms with Crippen molar-refractivity contribution in [2.45, 2.75) is 19.9 Å². The smallest absolute Gasteiger partial charge is 0.259 e. The second-order valence-corrected chi connectivity index (χ2v) is 6.37. The molecule has 0 aromatic carbocycles. The van der Waals surface area contributed by atoms with Gasteiger partial charge < -0.3 is 4.57 Å². The van der Waals surface area contributed by atoms with E-state index in [9.17, 15) is 4.79 Å². The number of thiophene rings is 2. The molecular weight excluding hydrogens is 262 g/mol. The number of aromatic nitrogens is 1. The number of nitrogens with zero attached hydrogens (tertiary/aromatic N) is 1. The van der Waals surface area contributed by atoms with Crippen molar-refractivity contribution in [3.63, 3.8) is 0 Å². The molecule has 0 radical (unpaired) electrons. The first-order chi connectivity index (χ1) is 8.78. The Morgan fingerprint density at radius 1 is 1.17 bits per heavy atom. The van der Waals surface area contributed by atoms with Crippen LogP contribution in [0, 0.1) is 0 Å². The van der Waals surface area contributed by atoms with E-state index in [0.29, 0.717) is 6.54 Å². The standard InChI is InChI=1S/C14H13NOS2/c1-2-10-3-4-11(18-10)9-15-7-5-13-12(14(15)16)6-8-17-13/h3-8H,2,9H2,1H3. The number of rotatable bonds is 3. The first kappa shape index (κ1) is 11.7. The maximum absolute atomic E-state index is 12.2. The van der Waals surface area contributed by atoms with Gasteiger partial charge in [0.2, 0.25) is 0 Å². The van der Waals surface area contributed by atoms with Crippen LogP contribution < -0.4 is 5.56 Å². The first-order valence-electron chi connectivity index (χ1n) is 5.92. The Labute approximate surface area is 113 Å². The van der Waals surface area contributed by atoms with Gasteiger partial charge in [-0.15, -0.1) is 22.7 Å². The fraction of sp³-hybridized carbons (Fsp3) is 0.214. The maximum atomic E-state index is 12.2. The van der Waals surface area contributed by atoms with Gasteiger partial charge in [0.05, 0.1) is 11.9 Å². The van der Waals surface area contributed by atoms with Gasteiger partial charge in [-0.3, -0.25) is 4.79 Å². The fourth-order valence-electron chi connectivity index (χ4n) is 2.00. The average Bonchev–Trinajstić information content (AvgIpc) is 3.01. The predicted octanol–water partition coefficient (Wildman–Crippen LogP) is 3.74. The number of hydrogen-bond acceptors (Lipinski definition) is 3. The molecule has 0 aliphatic heterocycles. The topological polar surface area (TPSA) is 22.0 Å². The van der Waals surface area contributed by atoms with Crippen molar-refractivity contribution >= 4 is 32.8 Å². The Morgan fingerprint density at radius 2 is 2.00 bits per heavy atom. The summed E-state index contributed by atoms with van der Waals surface area (Å²) in [7, 11) is 0. The van der Waals surface area contributed by atoms with Crippen molar-refractivity contribution < 1.29 is 0 Å². The van der Waals surface area contributed by atoms with Gasteiger partial charge in [0.25, 0.3) is 5.56 Å². The summed E-state index contributed by atoms with van der Waals surface area (Å²) in [5, 5.41) is 2.80. The minimum Gasteiger partial charge on any atom is -0.310 e. The lowest BCUT2D eigenvalue weighted by Gasteiger charge is -2.03. The Bertz CT molecular complexity index is 735. The monoisotopic (exact) mass is 275 g/mol. The zero-order chi connectivity index (χ0) is 12.5. The fourth-order valence-corrected chi connectivity index (χ4v) is 3.73. The van der Waals surface area contributed by atoms with Gasteiger partial charge in [-0.05, 0) is 36.1 Å². The molecule has 0 aliphatic carbocycles. The van der Waals surface area contributed by atoms with Crippen molar-refractivity contribution in [1.82, 2.24) is 4.57 Å². The van der Waals surface area contributed by atoms with E-state index in [2.05, 4.69) is 19.1 Å². The predicted molar refractivity (Wildman–Crippen MR) is 78.9 cm³/mol. The third-order valence-electron chi connectivity index (χ3n) is 2.98. The summed E-state index contributed by atoms with van der Waals surface area (Å²) in [4.78, 5) is 14.9. The van der Waals surface area contributed by atoms with E-state index in [1.165, 1.54) is 9.75 Å². The normalized spacial score (nSPS) is 11.2. The van der Waals surface area contributed by atoms with E-state index in [4.69, 9.17) is 0 Å². The van der Waals surface area contributed by atoms with Gasteiger partial charge in [0.1, 0.15) is 0 Å². The molecule has 18 heavy (non-hydrogen) atoms. The number of hydrogen-bond donors (Lipinski definition) is 0. The molecule has 4 heteroatoms. The zero-order valence-corrected chi connectivity index (χ0v) is 11.7. The highest BCUT2D eigenvalue weighted by atomic mass is 32.1.